The van der Waals surface area contributed by atoms with E-state index in [2.05, 4.69) is 55.6 Å². The summed E-state index contributed by atoms with van der Waals surface area (Å²) in [4.78, 5) is 0. The van der Waals surface area contributed by atoms with Crippen molar-refractivity contribution >= 4 is 12.4 Å². The van der Waals surface area contributed by atoms with Gasteiger partial charge >= 0.3 is 0 Å². The lowest BCUT2D eigenvalue weighted by molar-refractivity contribution is 0.392. The van der Waals surface area contributed by atoms with E-state index in [0.717, 1.165) is 17.9 Å². The topological polar surface area (TPSA) is 30.5 Å². The van der Waals surface area contributed by atoms with Crippen LogP contribution in [-0.4, -0.2) is 20.3 Å². The summed E-state index contributed by atoms with van der Waals surface area (Å²) in [6.07, 6.45) is 0.921. The molecule has 0 fully saturated rings. The zero-order valence-electron chi connectivity index (χ0n) is 14.2. The quantitative estimate of drug-likeness (QED) is 0.813. The largest absolute Gasteiger partial charge is 0.497 e. The van der Waals surface area contributed by atoms with E-state index in [0.29, 0.717) is 12.1 Å². The zero-order chi connectivity index (χ0) is 15.9. The predicted molar refractivity (Wildman–Crippen MR) is 98.0 cm³/mol. The standard InChI is InChI=1S/C19H25NO2.ClH/c1-14(20-15(2)17-8-6-5-7-9-17)10-16-11-18(21-3)13-19(12-16)22-4;/h5-9,11-15,20H,10H2,1-4H3;1H. The molecule has 23 heavy (non-hydrogen) atoms. The van der Waals surface area contributed by atoms with E-state index in [4.69, 9.17) is 9.47 Å². The Morgan fingerprint density at radius 2 is 1.48 bits per heavy atom. The van der Waals surface area contributed by atoms with Gasteiger partial charge in [0.2, 0.25) is 0 Å². The Kier molecular flexibility index (Phi) is 7.93. The van der Waals surface area contributed by atoms with Crippen molar-refractivity contribution in [3.8, 4) is 11.5 Å². The van der Waals surface area contributed by atoms with E-state index >= 15 is 0 Å². The van der Waals surface area contributed by atoms with Gasteiger partial charge in [-0.15, -0.1) is 12.4 Å². The van der Waals surface area contributed by atoms with Crippen LogP contribution in [0.1, 0.15) is 31.0 Å². The molecule has 0 aliphatic rings. The molecule has 2 aromatic rings. The van der Waals surface area contributed by atoms with E-state index < -0.39 is 0 Å². The molecule has 4 heteroatoms. The molecule has 0 aliphatic heterocycles. The fourth-order valence-corrected chi connectivity index (χ4v) is 2.66. The van der Waals surface area contributed by atoms with Gasteiger partial charge in [0.15, 0.2) is 0 Å². The highest BCUT2D eigenvalue weighted by atomic mass is 35.5. The van der Waals surface area contributed by atoms with Crippen LogP contribution in [0.15, 0.2) is 48.5 Å². The Labute approximate surface area is 145 Å². The van der Waals surface area contributed by atoms with E-state index in [9.17, 15) is 0 Å². The first-order valence-corrected chi connectivity index (χ1v) is 7.65. The molecule has 2 aromatic carbocycles. The molecule has 0 amide bonds. The number of rotatable bonds is 7. The summed E-state index contributed by atoms with van der Waals surface area (Å²) in [6.45, 7) is 4.39. The SMILES string of the molecule is COc1cc(CC(C)NC(C)c2ccccc2)cc(OC)c1.Cl. The number of benzene rings is 2. The molecule has 0 saturated carbocycles. The summed E-state index contributed by atoms with van der Waals surface area (Å²) in [7, 11) is 3.36. The lowest BCUT2D eigenvalue weighted by Gasteiger charge is -2.21. The van der Waals surface area contributed by atoms with Crippen LogP contribution in [0.4, 0.5) is 0 Å². The van der Waals surface area contributed by atoms with Crippen LogP contribution in [0, 0.1) is 0 Å². The van der Waals surface area contributed by atoms with Crippen molar-refractivity contribution in [1.29, 1.82) is 0 Å². The second-order valence-corrected chi connectivity index (χ2v) is 5.63. The average molecular weight is 336 g/mol. The third kappa shape index (κ3) is 5.77. The summed E-state index contributed by atoms with van der Waals surface area (Å²) in [6, 6.07) is 17.2. The minimum atomic E-state index is 0. The van der Waals surface area contributed by atoms with Crippen molar-refractivity contribution in [2.24, 2.45) is 0 Å². The summed E-state index contributed by atoms with van der Waals surface area (Å²) < 4.78 is 10.7. The zero-order valence-corrected chi connectivity index (χ0v) is 15.0. The average Bonchev–Trinajstić information content (AvgIpc) is 2.55. The second kappa shape index (κ2) is 9.43. The lowest BCUT2D eigenvalue weighted by atomic mass is 10.0. The number of nitrogens with one attached hydrogen (secondary N) is 1. The number of halogens is 1. The van der Waals surface area contributed by atoms with E-state index in [-0.39, 0.29) is 12.4 Å². The van der Waals surface area contributed by atoms with Gasteiger partial charge in [0.05, 0.1) is 14.2 Å². The number of hydrogen-bond acceptors (Lipinski definition) is 3. The van der Waals surface area contributed by atoms with E-state index in [1.807, 2.05) is 12.1 Å². The van der Waals surface area contributed by atoms with Crippen molar-refractivity contribution in [1.82, 2.24) is 5.32 Å². The van der Waals surface area contributed by atoms with Gasteiger partial charge in [-0.2, -0.15) is 0 Å². The van der Waals surface area contributed by atoms with Gasteiger partial charge in [-0.05, 0) is 43.5 Å². The van der Waals surface area contributed by atoms with Crippen LogP contribution in [0.2, 0.25) is 0 Å². The second-order valence-electron chi connectivity index (χ2n) is 5.63. The molecule has 0 bridgehead atoms. The first kappa shape index (κ1) is 19.3. The van der Waals surface area contributed by atoms with Crippen LogP contribution >= 0.6 is 12.4 Å². The van der Waals surface area contributed by atoms with Crippen molar-refractivity contribution in [2.75, 3.05) is 14.2 Å². The highest BCUT2D eigenvalue weighted by molar-refractivity contribution is 5.85. The minimum Gasteiger partial charge on any atom is -0.497 e. The molecular formula is C19H26ClNO2. The summed E-state index contributed by atoms with van der Waals surface area (Å²) >= 11 is 0. The van der Waals surface area contributed by atoms with Gasteiger partial charge < -0.3 is 14.8 Å². The van der Waals surface area contributed by atoms with Crippen molar-refractivity contribution < 1.29 is 9.47 Å². The van der Waals surface area contributed by atoms with Crippen molar-refractivity contribution in [2.45, 2.75) is 32.4 Å². The maximum absolute atomic E-state index is 5.33. The first-order valence-electron chi connectivity index (χ1n) is 7.65. The number of ether oxygens (including phenoxy) is 2. The van der Waals surface area contributed by atoms with E-state index in [1.165, 1.54) is 11.1 Å². The monoisotopic (exact) mass is 335 g/mol. The third-order valence-corrected chi connectivity index (χ3v) is 3.79. The first-order chi connectivity index (χ1) is 10.6. The van der Waals surface area contributed by atoms with E-state index in [1.54, 1.807) is 14.2 Å². The predicted octanol–water partition coefficient (Wildman–Crippen LogP) is 4.41. The summed E-state index contributed by atoms with van der Waals surface area (Å²) in [5.41, 5.74) is 2.51. The highest BCUT2D eigenvalue weighted by Gasteiger charge is 2.11. The third-order valence-electron chi connectivity index (χ3n) is 3.79. The van der Waals surface area contributed by atoms with Gasteiger partial charge in [0.25, 0.3) is 0 Å². The molecule has 0 heterocycles. The Bertz CT molecular complexity index is 567. The molecular weight excluding hydrogens is 310 g/mol. The molecule has 0 aromatic heterocycles. The molecule has 2 rings (SSSR count). The normalized spacial score (nSPS) is 12.9. The fourth-order valence-electron chi connectivity index (χ4n) is 2.66. The molecule has 3 nitrogen and oxygen atoms in total. The smallest absolute Gasteiger partial charge is 0.122 e. The summed E-state index contributed by atoms with van der Waals surface area (Å²) in [5.74, 6) is 1.66. The Balaban J connectivity index is 0.00000264. The molecule has 126 valence electrons. The Morgan fingerprint density at radius 3 is 2.00 bits per heavy atom. The minimum absolute atomic E-state index is 0. The Hall–Kier alpha value is -1.71. The molecule has 0 spiro atoms. The fraction of sp³-hybridized carbons (Fsp3) is 0.368. The van der Waals surface area contributed by atoms with Crippen LogP contribution in [0.25, 0.3) is 0 Å². The van der Waals surface area contributed by atoms with Gasteiger partial charge in [0.1, 0.15) is 11.5 Å². The lowest BCUT2D eigenvalue weighted by Crippen LogP contribution is -2.30. The van der Waals surface area contributed by atoms with Crippen LogP contribution in [0.3, 0.4) is 0 Å². The maximum atomic E-state index is 5.33. The molecule has 2 atom stereocenters. The van der Waals surface area contributed by atoms with Crippen LogP contribution < -0.4 is 14.8 Å². The molecule has 0 aliphatic carbocycles. The van der Waals surface area contributed by atoms with Crippen molar-refractivity contribution in [3.63, 3.8) is 0 Å². The molecule has 0 radical (unpaired) electrons. The van der Waals surface area contributed by atoms with Gasteiger partial charge in [-0.25, -0.2) is 0 Å². The molecule has 2 unspecified atom stereocenters. The van der Waals surface area contributed by atoms with Crippen molar-refractivity contribution in [3.05, 3.63) is 59.7 Å². The maximum Gasteiger partial charge on any atom is 0.122 e. The highest BCUT2D eigenvalue weighted by Crippen LogP contribution is 2.23. The molecule has 0 saturated heterocycles. The van der Waals surface area contributed by atoms with Crippen LogP contribution in [-0.2, 0) is 6.42 Å². The Morgan fingerprint density at radius 1 is 0.913 bits per heavy atom. The summed E-state index contributed by atoms with van der Waals surface area (Å²) in [5, 5.41) is 3.64. The van der Waals surface area contributed by atoms with Gasteiger partial charge in [-0.1, -0.05) is 30.3 Å². The molecule has 1 N–H and O–H groups in total. The number of methoxy groups -OCH3 is 2. The van der Waals surface area contributed by atoms with Gasteiger partial charge in [0, 0.05) is 18.2 Å². The number of hydrogen-bond donors (Lipinski definition) is 1. The van der Waals surface area contributed by atoms with Gasteiger partial charge in [-0.3, -0.25) is 0 Å². The van der Waals surface area contributed by atoms with Crippen LogP contribution in [0.5, 0.6) is 11.5 Å².